The Morgan fingerprint density at radius 2 is 1.77 bits per heavy atom. The number of rotatable bonds is 6. The third-order valence-electron chi connectivity index (χ3n) is 9.75. The predicted molar refractivity (Wildman–Crippen MR) is 154 cm³/mol. The van der Waals surface area contributed by atoms with Crippen molar-refractivity contribution in [2.24, 2.45) is 23.7 Å². The Balaban J connectivity index is 1.22. The SMILES string of the molecule is C/C(=C\c1ccc(O)c2ccccc12)CC[C@H]1OC[C@H]2C1=C(C(C)C)C[C@H]1C(=O)N(C3CCCCC3)C(=O)[C@H]12. The molecule has 0 radical (unpaired) electrons. The van der Waals surface area contributed by atoms with Gasteiger partial charge in [-0.2, -0.15) is 0 Å². The van der Waals surface area contributed by atoms with Gasteiger partial charge in [0.2, 0.25) is 11.8 Å². The summed E-state index contributed by atoms with van der Waals surface area (Å²) >= 11 is 0. The second-order valence-electron chi connectivity index (χ2n) is 12.5. The summed E-state index contributed by atoms with van der Waals surface area (Å²) in [4.78, 5) is 29.1. The first-order chi connectivity index (χ1) is 18.8. The monoisotopic (exact) mass is 527 g/mol. The van der Waals surface area contributed by atoms with Gasteiger partial charge < -0.3 is 9.84 Å². The average Bonchev–Trinajstić information content (AvgIpc) is 3.47. The molecular formula is C34H41NO4. The Morgan fingerprint density at radius 1 is 1.03 bits per heavy atom. The number of imide groups is 1. The van der Waals surface area contributed by atoms with Crippen molar-refractivity contribution in [2.45, 2.75) is 84.3 Å². The summed E-state index contributed by atoms with van der Waals surface area (Å²) in [5, 5.41) is 12.2. The number of carbonyl (C=O) groups excluding carboxylic acids is 2. The van der Waals surface area contributed by atoms with Crippen molar-refractivity contribution in [2.75, 3.05) is 6.61 Å². The van der Waals surface area contributed by atoms with Crippen LogP contribution >= 0.6 is 0 Å². The van der Waals surface area contributed by atoms with E-state index in [4.69, 9.17) is 4.74 Å². The number of allylic oxidation sites excluding steroid dienone is 2. The number of fused-ring (bicyclic) bond motifs is 4. The highest BCUT2D eigenvalue weighted by Crippen LogP contribution is 2.52. The first kappa shape index (κ1) is 26.3. The Hall–Kier alpha value is -2.92. The Bertz CT molecular complexity index is 1350. The van der Waals surface area contributed by atoms with Crippen LogP contribution in [0.25, 0.3) is 16.8 Å². The van der Waals surface area contributed by atoms with Gasteiger partial charge in [0.05, 0.1) is 24.5 Å². The number of likely N-dealkylation sites (tertiary alicyclic amines) is 1. The number of hydrogen-bond acceptors (Lipinski definition) is 4. The Morgan fingerprint density at radius 3 is 2.51 bits per heavy atom. The van der Waals surface area contributed by atoms with Gasteiger partial charge in [0, 0.05) is 17.3 Å². The normalized spacial score (nSPS) is 28.1. The van der Waals surface area contributed by atoms with Crippen LogP contribution in [0.15, 0.2) is 53.1 Å². The van der Waals surface area contributed by atoms with Crippen molar-refractivity contribution in [3.05, 3.63) is 58.7 Å². The lowest BCUT2D eigenvalue weighted by molar-refractivity contribution is -0.143. The molecular weight excluding hydrogens is 486 g/mol. The van der Waals surface area contributed by atoms with E-state index in [2.05, 4.69) is 26.8 Å². The van der Waals surface area contributed by atoms with Crippen LogP contribution < -0.4 is 0 Å². The van der Waals surface area contributed by atoms with Crippen molar-refractivity contribution in [1.82, 2.24) is 4.90 Å². The molecule has 5 heteroatoms. The van der Waals surface area contributed by atoms with Gasteiger partial charge in [-0.15, -0.1) is 0 Å². The lowest BCUT2D eigenvalue weighted by Gasteiger charge is -2.33. The molecule has 0 unspecified atom stereocenters. The molecule has 2 aromatic carbocycles. The van der Waals surface area contributed by atoms with E-state index >= 15 is 0 Å². The number of carbonyl (C=O) groups is 2. The molecule has 5 nitrogen and oxygen atoms in total. The van der Waals surface area contributed by atoms with Crippen molar-refractivity contribution in [3.63, 3.8) is 0 Å². The molecule has 2 heterocycles. The largest absolute Gasteiger partial charge is 0.507 e. The molecule has 6 rings (SSSR count). The fourth-order valence-electron chi connectivity index (χ4n) is 7.81. The predicted octanol–water partition coefficient (Wildman–Crippen LogP) is 7.03. The zero-order chi connectivity index (χ0) is 27.3. The molecule has 2 aromatic rings. The lowest BCUT2D eigenvalue weighted by atomic mass is 9.67. The molecule has 2 aliphatic heterocycles. The molecule has 4 atom stereocenters. The molecule has 0 bridgehead atoms. The van der Waals surface area contributed by atoms with E-state index in [0.717, 1.165) is 54.9 Å². The Kier molecular flexibility index (Phi) is 7.13. The maximum Gasteiger partial charge on any atom is 0.234 e. The molecule has 0 aromatic heterocycles. The van der Waals surface area contributed by atoms with Crippen LogP contribution in [0.4, 0.5) is 0 Å². The second kappa shape index (κ2) is 10.6. The molecule has 206 valence electrons. The van der Waals surface area contributed by atoms with Crippen LogP contribution in [-0.4, -0.2) is 40.6 Å². The fraction of sp³-hybridized carbons (Fsp3) is 0.529. The van der Waals surface area contributed by atoms with Crippen LogP contribution in [0.2, 0.25) is 0 Å². The molecule has 3 fully saturated rings. The van der Waals surface area contributed by atoms with Gasteiger partial charge in [-0.1, -0.05) is 80.7 Å². The van der Waals surface area contributed by atoms with Crippen molar-refractivity contribution >= 4 is 28.7 Å². The standard InChI is InChI=1S/C34H41NO4/c1-20(2)26-18-27-32(34(38)35(33(27)37)23-9-5-4-6-10-23)28-19-39-30(31(26)28)16-13-21(3)17-22-14-15-29(36)25-12-8-7-11-24(22)25/h7-8,11-12,14-15,17,20,23,27-28,30,32,36H,4-6,9-10,13,16,18-19H2,1-3H3/b21-17+/t27-,28+,30-,32-/m1/s1. The minimum Gasteiger partial charge on any atom is -0.507 e. The van der Waals surface area contributed by atoms with E-state index in [9.17, 15) is 14.7 Å². The molecule has 39 heavy (non-hydrogen) atoms. The van der Waals surface area contributed by atoms with E-state index in [-0.39, 0.29) is 41.7 Å². The van der Waals surface area contributed by atoms with Gasteiger partial charge in [0.15, 0.2) is 0 Å². The summed E-state index contributed by atoms with van der Waals surface area (Å²) in [6.45, 7) is 7.14. The van der Waals surface area contributed by atoms with Gasteiger partial charge in [0.25, 0.3) is 0 Å². The lowest BCUT2D eigenvalue weighted by Crippen LogP contribution is -2.42. The topological polar surface area (TPSA) is 66.8 Å². The fourth-order valence-corrected chi connectivity index (χ4v) is 7.81. The average molecular weight is 528 g/mol. The van der Waals surface area contributed by atoms with E-state index in [1.807, 2.05) is 30.3 Å². The first-order valence-corrected chi connectivity index (χ1v) is 14.9. The Labute approximate surface area is 231 Å². The summed E-state index contributed by atoms with van der Waals surface area (Å²) in [5.41, 5.74) is 5.03. The molecule has 1 N–H and O–H groups in total. The highest BCUT2D eigenvalue weighted by molar-refractivity contribution is 6.06. The zero-order valence-electron chi connectivity index (χ0n) is 23.5. The quantitative estimate of drug-likeness (QED) is 0.323. The summed E-state index contributed by atoms with van der Waals surface area (Å²) in [5.74, 6) is 0.357. The highest BCUT2D eigenvalue weighted by atomic mass is 16.5. The van der Waals surface area contributed by atoms with Crippen molar-refractivity contribution in [1.29, 1.82) is 0 Å². The molecule has 0 spiro atoms. The molecule has 2 saturated heterocycles. The van der Waals surface area contributed by atoms with Crippen molar-refractivity contribution < 1.29 is 19.4 Å². The molecule has 1 saturated carbocycles. The van der Waals surface area contributed by atoms with E-state index in [0.29, 0.717) is 24.7 Å². The number of phenolic OH excluding ortho intramolecular Hbond substituents is 1. The van der Waals surface area contributed by atoms with Gasteiger partial charge >= 0.3 is 0 Å². The van der Waals surface area contributed by atoms with Crippen LogP contribution in [-0.2, 0) is 14.3 Å². The summed E-state index contributed by atoms with van der Waals surface area (Å²) in [6, 6.07) is 11.8. The van der Waals surface area contributed by atoms with Crippen LogP contribution in [0.1, 0.15) is 77.7 Å². The van der Waals surface area contributed by atoms with E-state index in [1.54, 1.807) is 11.0 Å². The van der Waals surface area contributed by atoms with E-state index < -0.39 is 0 Å². The first-order valence-electron chi connectivity index (χ1n) is 14.9. The number of hydrogen-bond donors (Lipinski definition) is 1. The number of amides is 2. The minimum atomic E-state index is -0.248. The van der Waals surface area contributed by atoms with Gasteiger partial charge in [0.1, 0.15) is 5.75 Å². The maximum absolute atomic E-state index is 13.8. The zero-order valence-corrected chi connectivity index (χ0v) is 23.5. The van der Waals surface area contributed by atoms with Crippen LogP contribution in [0, 0.1) is 23.7 Å². The number of ether oxygens (including phenoxy) is 1. The summed E-state index contributed by atoms with van der Waals surface area (Å²) < 4.78 is 6.44. The smallest absolute Gasteiger partial charge is 0.234 e. The third kappa shape index (κ3) is 4.63. The van der Waals surface area contributed by atoms with Gasteiger partial charge in [-0.05, 0) is 67.5 Å². The van der Waals surface area contributed by atoms with Crippen molar-refractivity contribution in [3.8, 4) is 5.75 Å². The summed E-state index contributed by atoms with van der Waals surface area (Å²) in [6.07, 6.45) is 10.0. The minimum absolute atomic E-state index is 0.0000976. The molecule has 2 aliphatic carbocycles. The molecule has 2 amide bonds. The third-order valence-corrected chi connectivity index (χ3v) is 9.75. The number of aromatic hydroxyl groups is 1. The summed E-state index contributed by atoms with van der Waals surface area (Å²) in [7, 11) is 0. The van der Waals surface area contributed by atoms with E-state index in [1.165, 1.54) is 23.1 Å². The number of benzene rings is 2. The maximum atomic E-state index is 13.8. The van der Waals surface area contributed by atoms with Gasteiger partial charge in [-0.3, -0.25) is 14.5 Å². The second-order valence-corrected chi connectivity index (χ2v) is 12.5. The number of nitrogens with zero attached hydrogens (tertiary/aromatic N) is 1. The highest BCUT2D eigenvalue weighted by Gasteiger charge is 2.58. The van der Waals surface area contributed by atoms with Crippen LogP contribution in [0.5, 0.6) is 5.75 Å². The number of phenols is 1. The van der Waals surface area contributed by atoms with Crippen LogP contribution in [0.3, 0.4) is 0 Å². The molecule has 4 aliphatic rings. The van der Waals surface area contributed by atoms with Gasteiger partial charge in [-0.25, -0.2) is 0 Å².